The average molecular weight is 337 g/mol. The second kappa shape index (κ2) is 7.20. The lowest BCUT2D eigenvalue weighted by Crippen LogP contribution is -2.39. The quantitative estimate of drug-likeness (QED) is 0.874. The number of benzene rings is 1. The van der Waals surface area contributed by atoms with Crippen molar-refractivity contribution in [1.82, 2.24) is 14.5 Å². The first-order chi connectivity index (χ1) is 11.3. The summed E-state index contributed by atoms with van der Waals surface area (Å²) in [5.41, 5.74) is -0.192. The van der Waals surface area contributed by atoms with Gasteiger partial charge in [-0.3, -0.25) is 4.79 Å². The highest BCUT2D eigenvalue weighted by molar-refractivity contribution is 5.86. The highest BCUT2D eigenvalue weighted by atomic mass is 19.1. The summed E-state index contributed by atoms with van der Waals surface area (Å²) in [5, 5.41) is 9.00. The number of carboxylic acid groups (broad SMARTS) is 1. The van der Waals surface area contributed by atoms with Crippen LogP contribution in [0.15, 0.2) is 30.7 Å². The molecular formula is C16H17F2N3O3. The smallest absolute Gasteiger partial charge is 0.354 e. The zero-order chi connectivity index (χ0) is 17.9. The highest BCUT2D eigenvalue weighted by Gasteiger charge is 2.21. The molecule has 1 aromatic heterocycles. The highest BCUT2D eigenvalue weighted by Crippen LogP contribution is 2.16. The van der Waals surface area contributed by atoms with Gasteiger partial charge in [-0.05, 0) is 25.5 Å². The maximum Gasteiger partial charge on any atom is 0.354 e. The first-order valence-electron chi connectivity index (χ1n) is 7.23. The van der Waals surface area contributed by atoms with E-state index in [4.69, 9.17) is 5.11 Å². The molecule has 6 nitrogen and oxygen atoms in total. The van der Waals surface area contributed by atoms with E-state index in [9.17, 15) is 18.4 Å². The molecule has 0 unspecified atom stereocenters. The van der Waals surface area contributed by atoms with Crippen molar-refractivity contribution in [3.05, 3.63) is 53.6 Å². The second-order valence-electron chi connectivity index (χ2n) is 5.47. The van der Waals surface area contributed by atoms with Crippen LogP contribution in [-0.4, -0.2) is 44.5 Å². The van der Waals surface area contributed by atoms with Crippen molar-refractivity contribution < 1.29 is 23.5 Å². The SMILES string of the molecule is C[C@@H](Cc1c(F)cccc1F)N(C)C(=O)Cn1cncc1C(=O)O. The number of aromatic nitrogens is 2. The van der Waals surface area contributed by atoms with Gasteiger partial charge >= 0.3 is 5.97 Å². The van der Waals surface area contributed by atoms with Crippen LogP contribution in [0, 0.1) is 11.6 Å². The summed E-state index contributed by atoms with van der Waals surface area (Å²) in [6, 6.07) is 3.13. The van der Waals surface area contributed by atoms with Gasteiger partial charge in [0.1, 0.15) is 23.9 Å². The Morgan fingerprint density at radius 2 is 1.96 bits per heavy atom. The number of rotatable bonds is 6. The van der Waals surface area contributed by atoms with Crippen molar-refractivity contribution in [3.8, 4) is 0 Å². The first-order valence-corrected chi connectivity index (χ1v) is 7.23. The number of hydrogen-bond donors (Lipinski definition) is 1. The number of carboxylic acids is 1. The predicted octanol–water partition coefficient (Wildman–Crippen LogP) is 1.95. The third-order valence-electron chi connectivity index (χ3n) is 3.85. The molecule has 1 heterocycles. The first kappa shape index (κ1) is 17.6. The third kappa shape index (κ3) is 3.76. The van der Waals surface area contributed by atoms with Crippen LogP contribution in [0.1, 0.15) is 23.0 Å². The fourth-order valence-electron chi connectivity index (χ4n) is 2.29. The summed E-state index contributed by atoms with van der Waals surface area (Å²) in [5.74, 6) is -2.90. The van der Waals surface area contributed by atoms with Crippen LogP contribution in [0.25, 0.3) is 0 Å². The number of aromatic carboxylic acids is 1. The van der Waals surface area contributed by atoms with E-state index >= 15 is 0 Å². The van der Waals surface area contributed by atoms with Crippen molar-refractivity contribution in [2.45, 2.75) is 25.9 Å². The Bertz CT molecular complexity index is 741. The van der Waals surface area contributed by atoms with Gasteiger partial charge in [-0.1, -0.05) is 6.07 Å². The van der Waals surface area contributed by atoms with Crippen molar-refractivity contribution in [3.63, 3.8) is 0 Å². The summed E-state index contributed by atoms with van der Waals surface area (Å²) in [4.78, 5) is 28.3. The Kier molecular flexibility index (Phi) is 5.28. The summed E-state index contributed by atoms with van der Waals surface area (Å²) in [6.07, 6.45) is 2.40. The molecule has 8 heteroatoms. The van der Waals surface area contributed by atoms with Gasteiger partial charge in [-0.25, -0.2) is 18.6 Å². The molecule has 24 heavy (non-hydrogen) atoms. The number of carbonyl (C=O) groups is 2. The number of carbonyl (C=O) groups excluding carboxylic acids is 1. The van der Waals surface area contributed by atoms with Crippen LogP contribution >= 0.6 is 0 Å². The van der Waals surface area contributed by atoms with Gasteiger partial charge in [-0.15, -0.1) is 0 Å². The van der Waals surface area contributed by atoms with E-state index < -0.39 is 23.6 Å². The molecule has 0 aliphatic rings. The zero-order valence-corrected chi connectivity index (χ0v) is 13.2. The molecular weight excluding hydrogens is 320 g/mol. The minimum absolute atomic E-state index is 0.0104. The van der Waals surface area contributed by atoms with E-state index in [2.05, 4.69) is 4.98 Å². The lowest BCUT2D eigenvalue weighted by molar-refractivity contribution is -0.132. The van der Waals surface area contributed by atoms with Gasteiger partial charge in [0.2, 0.25) is 5.91 Å². The predicted molar refractivity (Wildman–Crippen MR) is 81.5 cm³/mol. The monoisotopic (exact) mass is 337 g/mol. The van der Waals surface area contributed by atoms with E-state index in [0.717, 1.165) is 18.3 Å². The molecule has 2 aromatic rings. The van der Waals surface area contributed by atoms with Gasteiger partial charge in [0.15, 0.2) is 0 Å². The molecule has 1 N–H and O–H groups in total. The van der Waals surface area contributed by atoms with Crippen LogP contribution < -0.4 is 0 Å². The van der Waals surface area contributed by atoms with E-state index in [1.54, 1.807) is 6.92 Å². The summed E-state index contributed by atoms with van der Waals surface area (Å²) in [6.45, 7) is 1.44. The Balaban J connectivity index is 2.07. The van der Waals surface area contributed by atoms with Gasteiger partial charge in [0.25, 0.3) is 0 Å². The summed E-state index contributed by atoms with van der Waals surface area (Å²) in [7, 11) is 1.50. The number of likely N-dealkylation sites (N-methyl/N-ethyl adjacent to an activating group) is 1. The van der Waals surface area contributed by atoms with E-state index in [0.29, 0.717) is 0 Å². The van der Waals surface area contributed by atoms with Crippen molar-refractivity contribution in [1.29, 1.82) is 0 Å². The average Bonchev–Trinajstić information content (AvgIpc) is 2.98. The molecule has 0 saturated carbocycles. The summed E-state index contributed by atoms with van der Waals surface area (Å²) < 4.78 is 28.6. The Hall–Kier alpha value is -2.77. The fourth-order valence-corrected chi connectivity index (χ4v) is 2.29. The topological polar surface area (TPSA) is 75.4 Å². The molecule has 1 amide bonds. The third-order valence-corrected chi connectivity index (χ3v) is 3.85. The van der Waals surface area contributed by atoms with Crippen LogP contribution in [0.4, 0.5) is 8.78 Å². The van der Waals surface area contributed by atoms with E-state index in [-0.39, 0.29) is 30.1 Å². The molecule has 1 aromatic carbocycles. The van der Waals surface area contributed by atoms with Crippen molar-refractivity contribution in [2.24, 2.45) is 0 Å². The largest absolute Gasteiger partial charge is 0.477 e. The van der Waals surface area contributed by atoms with E-state index in [1.807, 2.05) is 0 Å². The number of imidazole rings is 1. The lowest BCUT2D eigenvalue weighted by atomic mass is 10.0. The normalized spacial score (nSPS) is 12.0. The minimum atomic E-state index is -1.19. The van der Waals surface area contributed by atoms with E-state index in [1.165, 1.54) is 28.9 Å². The maximum atomic E-state index is 13.7. The Morgan fingerprint density at radius 1 is 1.33 bits per heavy atom. The van der Waals surface area contributed by atoms with Crippen LogP contribution in [0.3, 0.4) is 0 Å². The molecule has 128 valence electrons. The summed E-state index contributed by atoms with van der Waals surface area (Å²) >= 11 is 0. The molecule has 0 aliphatic heterocycles. The van der Waals surface area contributed by atoms with Crippen LogP contribution in [0.5, 0.6) is 0 Å². The molecule has 2 rings (SSSR count). The Morgan fingerprint density at radius 3 is 2.54 bits per heavy atom. The maximum absolute atomic E-state index is 13.7. The van der Waals surface area contributed by atoms with Gasteiger partial charge in [0.05, 0.1) is 12.5 Å². The van der Waals surface area contributed by atoms with Gasteiger partial charge in [0, 0.05) is 18.7 Å². The number of hydrogen-bond acceptors (Lipinski definition) is 3. The van der Waals surface area contributed by atoms with Crippen LogP contribution in [-0.2, 0) is 17.8 Å². The molecule has 0 bridgehead atoms. The van der Waals surface area contributed by atoms with Crippen molar-refractivity contribution >= 4 is 11.9 Å². The molecule has 1 atom stereocenters. The molecule has 0 fully saturated rings. The molecule has 0 radical (unpaired) electrons. The zero-order valence-electron chi connectivity index (χ0n) is 13.2. The lowest BCUT2D eigenvalue weighted by Gasteiger charge is -2.25. The standard InChI is InChI=1S/C16H17F2N3O3/c1-10(6-11-12(17)4-3-5-13(11)18)20(2)15(22)8-21-9-19-7-14(21)16(23)24/h3-5,7,9-10H,6,8H2,1-2H3,(H,23,24)/t10-/m0/s1. The molecule has 0 spiro atoms. The number of nitrogens with zero attached hydrogens (tertiary/aromatic N) is 3. The van der Waals surface area contributed by atoms with Gasteiger partial charge < -0.3 is 14.6 Å². The van der Waals surface area contributed by atoms with Crippen molar-refractivity contribution in [2.75, 3.05) is 7.05 Å². The fraction of sp³-hybridized carbons (Fsp3) is 0.312. The number of amides is 1. The molecule has 0 saturated heterocycles. The van der Waals surface area contributed by atoms with Gasteiger partial charge in [-0.2, -0.15) is 0 Å². The minimum Gasteiger partial charge on any atom is -0.477 e. The van der Waals surface area contributed by atoms with Crippen LogP contribution in [0.2, 0.25) is 0 Å². The number of halogens is 2. The Labute approximate surface area is 137 Å². The molecule has 0 aliphatic carbocycles. The second-order valence-corrected chi connectivity index (χ2v) is 5.47.